The maximum atomic E-state index is 12.1. The highest BCUT2D eigenvalue weighted by Crippen LogP contribution is 2.19. The Hall–Kier alpha value is -1.34. The molecule has 2 unspecified atom stereocenters. The lowest BCUT2D eigenvalue weighted by Gasteiger charge is -2.39. The van der Waals surface area contributed by atoms with Gasteiger partial charge in [0.2, 0.25) is 0 Å². The van der Waals surface area contributed by atoms with E-state index in [1.807, 2.05) is 0 Å². The molecular weight excluding hydrogens is 226 g/mol. The van der Waals surface area contributed by atoms with Crippen molar-refractivity contribution in [1.29, 1.82) is 0 Å². The maximum absolute atomic E-state index is 12.1. The Morgan fingerprint density at radius 3 is 2.29 bits per heavy atom. The molecule has 2 atom stereocenters. The molecule has 0 N–H and O–H groups in total. The molecule has 7 heteroatoms. The summed E-state index contributed by atoms with van der Waals surface area (Å²) in [6.07, 6.45) is 0.160. The zero-order valence-electron chi connectivity index (χ0n) is 9.66. The maximum Gasteiger partial charge on any atom is 0.329 e. The molecule has 3 rings (SSSR count). The van der Waals surface area contributed by atoms with Crippen molar-refractivity contribution in [2.45, 2.75) is 12.2 Å². The monoisotopic (exact) mass is 241 g/mol. The quantitative estimate of drug-likeness (QED) is 0.624. The van der Waals surface area contributed by atoms with Crippen LogP contribution in [0.3, 0.4) is 0 Å². The first kappa shape index (κ1) is 10.8. The fraction of sp³-hybridized carbons (Fsp3) is 0.800. The summed E-state index contributed by atoms with van der Waals surface area (Å²) in [7, 11) is 1.69. The van der Waals surface area contributed by atoms with E-state index in [0.29, 0.717) is 33.0 Å². The highest BCUT2D eigenvalue weighted by atomic mass is 16.6. The van der Waals surface area contributed by atoms with E-state index < -0.39 is 0 Å². The lowest BCUT2D eigenvalue weighted by molar-refractivity contribution is 0.0824. The predicted octanol–water partition coefficient (Wildman–Crippen LogP) is -0.469. The molecule has 17 heavy (non-hydrogen) atoms. The van der Waals surface area contributed by atoms with Gasteiger partial charge in [-0.25, -0.2) is 14.5 Å². The van der Waals surface area contributed by atoms with Gasteiger partial charge in [-0.3, -0.25) is 0 Å². The van der Waals surface area contributed by atoms with Crippen molar-refractivity contribution in [2.75, 3.05) is 40.0 Å². The second kappa shape index (κ2) is 3.85. The molecule has 7 nitrogen and oxygen atoms in total. The zero-order valence-corrected chi connectivity index (χ0v) is 9.66. The normalized spacial score (nSPS) is 32.2. The summed E-state index contributed by atoms with van der Waals surface area (Å²) >= 11 is 0. The first-order valence-corrected chi connectivity index (χ1v) is 5.70. The van der Waals surface area contributed by atoms with Gasteiger partial charge >= 0.3 is 12.1 Å². The van der Waals surface area contributed by atoms with Gasteiger partial charge in [0.05, 0.1) is 45.2 Å². The van der Waals surface area contributed by atoms with E-state index in [0.717, 1.165) is 0 Å². The van der Waals surface area contributed by atoms with E-state index in [1.165, 1.54) is 9.80 Å². The average Bonchev–Trinajstić information content (AvgIpc) is 3.15. The number of hydrogen-bond donors (Lipinski definition) is 0. The molecule has 3 heterocycles. The van der Waals surface area contributed by atoms with Crippen molar-refractivity contribution in [3.63, 3.8) is 0 Å². The van der Waals surface area contributed by atoms with Gasteiger partial charge < -0.3 is 19.3 Å². The van der Waals surface area contributed by atoms with Crippen LogP contribution in [0.2, 0.25) is 0 Å². The molecule has 3 fully saturated rings. The van der Waals surface area contributed by atoms with Crippen LogP contribution in [0.5, 0.6) is 0 Å². The van der Waals surface area contributed by atoms with Crippen LogP contribution < -0.4 is 0 Å². The van der Waals surface area contributed by atoms with Crippen molar-refractivity contribution in [2.24, 2.45) is 0 Å². The number of ether oxygens (including phenoxy) is 2. The Morgan fingerprint density at radius 1 is 1.12 bits per heavy atom. The Labute approximate surface area is 98.8 Å². The van der Waals surface area contributed by atoms with E-state index in [2.05, 4.69) is 0 Å². The number of imide groups is 1. The molecule has 0 radical (unpaired) electrons. The van der Waals surface area contributed by atoms with Crippen LogP contribution in [0.4, 0.5) is 9.59 Å². The van der Waals surface area contributed by atoms with Crippen LogP contribution in [0.15, 0.2) is 0 Å². The minimum Gasteiger partial charge on any atom is -0.371 e. The summed E-state index contributed by atoms with van der Waals surface area (Å²) in [4.78, 5) is 28.4. The molecule has 3 aliphatic rings. The third-order valence-electron chi connectivity index (χ3n) is 3.06. The summed E-state index contributed by atoms with van der Waals surface area (Å²) in [6.45, 7) is 2.57. The van der Waals surface area contributed by atoms with Gasteiger partial charge in [0.1, 0.15) is 0 Å². The van der Waals surface area contributed by atoms with Crippen molar-refractivity contribution in [3.05, 3.63) is 0 Å². The Bertz CT molecular complexity index is 353. The fourth-order valence-corrected chi connectivity index (χ4v) is 1.92. The SMILES string of the molecule is CN1CN(CC2CO2)C(=O)N(CC2CO2)C1=O. The molecule has 0 aromatic rings. The van der Waals surface area contributed by atoms with E-state index in [-0.39, 0.29) is 24.3 Å². The van der Waals surface area contributed by atoms with Gasteiger partial charge in [-0.1, -0.05) is 0 Å². The number of carbonyl (C=O) groups excluding carboxylic acids is 2. The molecule has 0 spiro atoms. The molecule has 0 bridgehead atoms. The largest absolute Gasteiger partial charge is 0.371 e. The first-order valence-electron chi connectivity index (χ1n) is 5.70. The zero-order chi connectivity index (χ0) is 12.0. The van der Waals surface area contributed by atoms with E-state index in [4.69, 9.17) is 9.47 Å². The van der Waals surface area contributed by atoms with Crippen LogP contribution in [0.1, 0.15) is 0 Å². The fourth-order valence-electron chi connectivity index (χ4n) is 1.92. The number of hydrogen-bond acceptors (Lipinski definition) is 4. The Kier molecular flexibility index (Phi) is 2.44. The minimum absolute atomic E-state index is 0.0217. The summed E-state index contributed by atoms with van der Waals surface area (Å²) in [5.74, 6) is 0. The second-order valence-corrected chi connectivity index (χ2v) is 4.65. The first-order chi connectivity index (χ1) is 8.15. The second-order valence-electron chi connectivity index (χ2n) is 4.65. The molecule has 0 aliphatic carbocycles. The lowest BCUT2D eigenvalue weighted by Crippen LogP contribution is -2.61. The van der Waals surface area contributed by atoms with Gasteiger partial charge in [-0.2, -0.15) is 0 Å². The van der Waals surface area contributed by atoms with Crippen LogP contribution in [0.25, 0.3) is 0 Å². The third kappa shape index (κ3) is 2.20. The molecule has 0 aromatic heterocycles. The smallest absolute Gasteiger partial charge is 0.329 e. The van der Waals surface area contributed by atoms with Gasteiger partial charge in [-0.05, 0) is 0 Å². The number of epoxide rings is 2. The molecule has 4 amide bonds. The van der Waals surface area contributed by atoms with Gasteiger partial charge in [0.25, 0.3) is 0 Å². The highest BCUT2D eigenvalue weighted by Gasteiger charge is 2.41. The lowest BCUT2D eigenvalue weighted by atomic mass is 10.3. The van der Waals surface area contributed by atoms with Crippen molar-refractivity contribution in [3.8, 4) is 0 Å². The number of nitrogens with zero attached hydrogens (tertiary/aromatic N) is 3. The highest BCUT2D eigenvalue weighted by molar-refractivity contribution is 5.95. The minimum atomic E-state index is -0.251. The summed E-state index contributed by atoms with van der Waals surface area (Å²) in [5, 5.41) is 0. The molecule has 0 aromatic carbocycles. The number of carbonyl (C=O) groups is 2. The molecular formula is C10H15N3O4. The van der Waals surface area contributed by atoms with Crippen LogP contribution in [-0.2, 0) is 9.47 Å². The Balaban J connectivity index is 1.69. The predicted molar refractivity (Wildman–Crippen MR) is 56.3 cm³/mol. The van der Waals surface area contributed by atoms with Crippen LogP contribution in [-0.4, -0.2) is 79.0 Å². The topological polar surface area (TPSA) is 68.9 Å². The summed E-state index contributed by atoms with van der Waals surface area (Å²) in [6, 6.07) is -0.488. The number of urea groups is 2. The number of amides is 4. The van der Waals surface area contributed by atoms with Gasteiger partial charge in [-0.15, -0.1) is 0 Å². The average molecular weight is 241 g/mol. The van der Waals surface area contributed by atoms with E-state index in [9.17, 15) is 9.59 Å². The van der Waals surface area contributed by atoms with E-state index in [1.54, 1.807) is 11.9 Å². The molecule has 3 saturated heterocycles. The summed E-state index contributed by atoms with van der Waals surface area (Å²) < 4.78 is 10.2. The van der Waals surface area contributed by atoms with E-state index >= 15 is 0 Å². The molecule has 94 valence electrons. The van der Waals surface area contributed by atoms with Crippen LogP contribution in [0, 0.1) is 0 Å². The molecule has 0 saturated carbocycles. The van der Waals surface area contributed by atoms with Crippen molar-refractivity contribution >= 4 is 12.1 Å². The standard InChI is InChI=1S/C10H15N3O4/c1-11-6-12(2-7-4-16-7)10(15)13(9(11)14)3-8-5-17-8/h7-8H,2-6H2,1H3. The third-order valence-corrected chi connectivity index (χ3v) is 3.06. The van der Waals surface area contributed by atoms with Crippen LogP contribution >= 0.6 is 0 Å². The van der Waals surface area contributed by atoms with Gasteiger partial charge in [0.15, 0.2) is 0 Å². The Morgan fingerprint density at radius 2 is 1.71 bits per heavy atom. The van der Waals surface area contributed by atoms with Crippen molar-refractivity contribution < 1.29 is 19.1 Å². The van der Waals surface area contributed by atoms with Gasteiger partial charge in [0, 0.05) is 7.05 Å². The molecule has 3 aliphatic heterocycles. The summed E-state index contributed by atoms with van der Waals surface area (Å²) in [5.41, 5.74) is 0. The number of rotatable bonds is 4. The van der Waals surface area contributed by atoms with Crippen molar-refractivity contribution in [1.82, 2.24) is 14.7 Å².